The van der Waals surface area contributed by atoms with Crippen LogP contribution in [-0.4, -0.2) is 28.5 Å². The molecule has 3 heterocycles. The van der Waals surface area contributed by atoms with E-state index in [4.69, 9.17) is 19.1 Å². The fraction of sp³-hybridized carbons (Fsp3) is 0.304. The van der Waals surface area contributed by atoms with E-state index in [-0.39, 0.29) is 0 Å². The molecule has 2 aromatic heterocycles. The van der Waals surface area contributed by atoms with Crippen molar-refractivity contribution in [3.8, 4) is 17.2 Å². The SMILES string of the molecule is COc1ccc(-c2nc(CN3CCC[C@H]3c3nc4ccccc4s3)c(C)o2)cc1. The minimum Gasteiger partial charge on any atom is -0.497 e. The van der Waals surface area contributed by atoms with Crippen LogP contribution in [0.5, 0.6) is 5.75 Å². The number of oxazole rings is 1. The zero-order chi connectivity index (χ0) is 19.8. The molecule has 4 aromatic rings. The fourth-order valence-electron chi connectivity index (χ4n) is 3.95. The third kappa shape index (κ3) is 3.54. The van der Waals surface area contributed by atoms with Crippen molar-refractivity contribution in [1.29, 1.82) is 0 Å². The summed E-state index contributed by atoms with van der Waals surface area (Å²) in [4.78, 5) is 12.2. The first-order valence-electron chi connectivity index (χ1n) is 9.91. The molecule has 2 aromatic carbocycles. The Hall–Kier alpha value is -2.70. The summed E-state index contributed by atoms with van der Waals surface area (Å²) < 4.78 is 12.5. The van der Waals surface area contributed by atoms with Crippen LogP contribution in [0, 0.1) is 6.92 Å². The smallest absolute Gasteiger partial charge is 0.226 e. The molecule has 29 heavy (non-hydrogen) atoms. The molecular weight excluding hydrogens is 382 g/mol. The largest absolute Gasteiger partial charge is 0.497 e. The summed E-state index contributed by atoms with van der Waals surface area (Å²) in [5.74, 6) is 2.37. The van der Waals surface area contributed by atoms with Crippen molar-refractivity contribution in [2.24, 2.45) is 0 Å². The van der Waals surface area contributed by atoms with Gasteiger partial charge in [0.25, 0.3) is 0 Å². The first-order valence-corrected chi connectivity index (χ1v) is 10.7. The molecule has 6 heteroatoms. The number of rotatable bonds is 5. The van der Waals surface area contributed by atoms with Crippen LogP contribution in [0.1, 0.15) is 35.3 Å². The summed E-state index contributed by atoms with van der Waals surface area (Å²) in [5, 5.41) is 1.21. The van der Waals surface area contributed by atoms with Crippen molar-refractivity contribution in [3.63, 3.8) is 0 Å². The summed E-state index contributed by atoms with van der Waals surface area (Å²) >= 11 is 1.81. The number of aryl methyl sites for hydroxylation is 1. The highest BCUT2D eigenvalue weighted by molar-refractivity contribution is 7.18. The first-order chi connectivity index (χ1) is 14.2. The Bertz CT molecular complexity index is 1100. The van der Waals surface area contributed by atoms with Gasteiger partial charge in [0.15, 0.2) is 0 Å². The van der Waals surface area contributed by atoms with Crippen LogP contribution in [-0.2, 0) is 6.54 Å². The minimum atomic E-state index is 0.355. The second kappa shape index (κ2) is 7.61. The van der Waals surface area contributed by atoms with E-state index >= 15 is 0 Å². The third-order valence-electron chi connectivity index (χ3n) is 5.54. The van der Waals surface area contributed by atoms with E-state index in [1.807, 2.05) is 42.5 Å². The Kier molecular flexibility index (Phi) is 4.81. The Labute approximate surface area is 174 Å². The summed E-state index contributed by atoms with van der Waals surface area (Å²) in [6, 6.07) is 16.6. The molecular formula is C23H23N3O2S. The molecule has 5 rings (SSSR count). The number of nitrogens with zero attached hydrogens (tertiary/aromatic N) is 3. The summed E-state index contributed by atoms with van der Waals surface area (Å²) in [6.07, 6.45) is 2.32. The van der Waals surface area contributed by atoms with Crippen LogP contribution in [0.3, 0.4) is 0 Å². The molecule has 0 radical (unpaired) electrons. The molecule has 0 amide bonds. The lowest BCUT2D eigenvalue weighted by Gasteiger charge is -2.21. The topological polar surface area (TPSA) is 51.4 Å². The lowest BCUT2D eigenvalue weighted by atomic mass is 10.2. The molecule has 0 unspecified atom stereocenters. The summed E-state index contributed by atoms with van der Waals surface area (Å²) in [5.41, 5.74) is 3.06. The Morgan fingerprint density at radius 2 is 1.97 bits per heavy atom. The zero-order valence-electron chi connectivity index (χ0n) is 16.6. The van der Waals surface area contributed by atoms with Crippen LogP contribution in [0.2, 0.25) is 0 Å². The Morgan fingerprint density at radius 3 is 2.76 bits per heavy atom. The number of hydrogen-bond donors (Lipinski definition) is 0. The van der Waals surface area contributed by atoms with Crippen LogP contribution >= 0.6 is 11.3 Å². The van der Waals surface area contributed by atoms with E-state index in [1.165, 1.54) is 16.1 Å². The molecule has 1 aliphatic heterocycles. The Morgan fingerprint density at radius 1 is 1.14 bits per heavy atom. The van der Waals surface area contributed by atoms with Crippen molar-refractivity contribution in [2.45, 2.75) is 32.4 Å². The summed E-state index contributed by atoms with van der Waals surface area (Å²) in [6.45, 7) is 3.84. The third-order valence-corrected chi connectivity index (χ3v) is 6.68. The fourth-order valence-corrected chi connectivity index (χ4v) is 5.09. The number of methoxy groups -OCH3 is 1. The van der Waals surface area contributed by atoms with Gasteiger partial charge in [-0.25, -0.2) is 9.97 Å². The number of para-hydroxylation sites is 1. The van der Waals surface area contributed by atoms with Crippen LogP contribution < -0.4 is 4.74 Å². The van der Waals surface area contributed by atoms with Crippen molar-refractivity contribution in [2.75, 3.05) is 13.7 Å². The lowest BCUT2D eigenvalue weighted by Crippen LogP contribution is -2.23. The molecule has 0 saturated carbocycles. The summed E-state index contributed by atoms with van der Waals surface area (Å²) in [7, 11) is 1.67. The molecule has 1 atom stereocenters. The van der Waals surface area contributed by atoms with E-state index < -0.39 is 0 Å². The molecule has 0 bridgehead atoms. The van der Waals surface area contributed by atoms with Gasteiger partial charge in [-0.3, -0.25) is 4.90 Å². The molecule has 1 fully saturated rings. The Balaban J connectivity index is 1.38. The standard InChI is InChI=1S/C23H23N3O2S/c1-15-19(24-22(28-15)16-9-11-17(27-2)12-10-16)14-26-13-5-7-20(26)23-25-18-6-3-4-8-21(18)29-23/h3-4,6,8-12,20H,5,7,13-14H2,1-2H3/t20-/m0/s1. The van der Waals surface area contributed by atoms with Crippen LogP contribution in [0.25, 0.3) is 21.7 Å². The van der Waals surface area contributed by atoms with Gasteiger partial charge in [0, 0.05) is 12.1 Å². The maximum Gasteiger partial charge on any atom is 0.226 e. The van der Waals surface area contributed by atoms with E-state index in [2.05, 4.69) is 29.2 Å². The van der Waals surface area contributed by atoms with Gasteiger partial charge in [0.05, 0.1) is 29.1 Å². The van der Waals surface area contributed by atoms with E-state index in [0.717, 1.165) is 47.8 Å². The van der Waals surface area contributed by atoms with Crippen molar-refractivity contribution >= 4 is 21.6 Å². The van der Waals surface area contributed by atoms with Gasteiger partial charge < -0.3 is 9.15 Å². The van der Waals surface area contributed by atoms with Gasteiger partial charge in [-0.15, -0.1) is 11.3 Å². The highest BCUT2D eigenvalue weighted by atomic mass is 32.1. The molecule has 0 aliphatic carbocycles. The van der Waals surface area contributed by atoms with Crippen molar-refractivity contribution in [3.05, 3.63) is 65.0 Å². The number of likely N-dealkylation sites (tertiary alicyclic amines) is 1. The number of hydrogen-bond acceptors (Lipinski definition) is 6. The predicted molar refractivity (Wildman–Crippen MR) is 115 cm³/mol. The van der Waals surface area contributed by atoms with Crippen molar-refractivity contribution in [1.82, 2.24) is 14.9 Å². The number of benzene rings is 2. The highest BCUT2D eigenvalue weighted by Gasteiger charge is 2.30. The molecule has 1 saturated heterocycles. The quantitative estimate of drug-likeness (QED) is 0.432. The molecule has 5 nitrogen and oxygen atoms in total. The van der Waals surface area contributed by atoms with Crippen LogP contribution in [0.4, 0.5) is 0 Å². The van der Waals surface area contributed by atoms with Gasteiger partial charge in [-0.1, -0.05) is 12.1 Å². The maximum absolute atomic E-state index is 5.98. The van der Waals surface area contributed by atoms with Gasteiger partial charge in [-0.05, 0) is 62.7 Å². The molecule has 1 aliphatic rings. The van der Waals surface area contributed by atoms with Gasteiger partial charge in [-0.2, -0.15) is 0 Å². The first kappa shape index (κ1) is 18.3. The second-order valence-corrected chi connectivity index (χ2v) is 8.46. The van der Waals surface area contributed by atoms with Gasteiger partial charge in [0.2, 0.25) is 5.89 Å². The number of thiazole rings is 1. The second-order valence-electron chi connectivity index (χ2n) is 7.40. The maximum atomic E-state index is 5.98. The van der Waals surface area contributed by atoms with E-state index in [9.17, 15) is 0 Å². The molecule has 0 N–H and O–H groups in total. The van der Waals surface area contributed by atoms with E-state index in [0.29, 0.717) is 11.9 Å². The average Bonchev–Trinajstić information content (AvgIpc) is 3.47. The van der Waals surface area contributed by atoms with Crippen LogP contribution in [0.15, 0.2) is 52.9 Å². The van der Waals surface area contributed by atoms with Gasteiger partial charge in [0.1, 0.15) is 16.5 Å². The number of aromatic nitrogens is 2. The average molecular weight is 406 g/mol. The number of ether oxygens (including phenoxy) is 1. The minimum absolute atomic E-state index is 0.355. The lowest BCUT2D eigenvalue weighted by molar-refractivity contribution is 0.244. The van der Waals surface area contributed by atoms with Crippen molar-refractivity contribution < 1.29 is 9.15 Å². The number of fused-ring (bicyclic) bond motifs is 1. The molecule has 148 valence electrons. The van der Waals surface area contributed by atoms with Gasteiger partial charge >= 0.3 is 0 Å². The normalized spacial score (nSPS) is 17.2. The molecule has 0 spiro atoms. The highest BCUT2D eigenvalue weighted by Crippen LogP contribution is 2.37. The zero-order valence-corrected chi connectivity index (χ0v) is 17.4. The predicted octanol–water partition coefficient (Wildman–Crippen LogP) is 5.61. The monoisotopic (exact) mass is 405 g/mol. The van der Waals surface area contributed by atoms with E-state index in [1.54, 1.807) is 7.11 Å².